The zero-order valence-corrected chi connectivity index (χ0v) is 18.5. The first-order chi connectivity index (χ1) is 14.9. The molecule has 7 atom stereocenters. The molecule has 190 valence electrons. The zero-order valence-electron chi connectivity index (χ0n) is 15.8. The predicted octanol–water partition coefficient (Wildman–Crippen LogP) is -0.557. The number of phosphoric ester groups is 1. The Bertz CT molecular complexity index is 1070. The smallest absolute Gasteiger partial charge is 0.387 e. The van der Waals surface area contributed by atoms with Crippen molar-refractivity contribution in [3.63, 3.8) is 0 Å². The number of rotatable bonds is 10. The van der Waals surface area contributed by atoms with Crippen LogP contribution < -0.4 is 11.4 Å². The molecule has 22 heteroatoms. The number of aliphatic hydroxyl groups excluding tert-OH is 1. The maximum absolute atomic E-state index is 14.7. The third-order valence-electron chi connectivity index (χ3n) is 4.08. The molecule has 0 amide bonds. The highest BCUT2D eigenvalue weighted by Gasteiger charge is 2.62. The van der Waals surface area contributed by atoms with E-state index < -0.39 is 72.7 Å². The number of anilines is 1. The number of nitrogens with two attached hydrogens (primary N) is 1. The van der Waals surface area contributed by atoms with Gasteiger partial charge < -0.3 is 35.2 Å². The number of alkyl halides is 3. The maximum Gasteiger partial charge on any atom is 0.490 e. The van der Waals surface area contributed by atoms with Crippen molar-refractivity contribution in [1.82, 2.24) is 9.55 Å². The second-order valence-electron chi connectivity index (χ2n) is 6.38. The Hall–Kier alpha value is -1.20. The van der Waals surface area contributed by atoms with E-state index in [1.165, 1.54) is 0 Å². The molecule has 3 unspecified atom stereocenters. The summed E-state index contributed by atoms with van der Waals surface area (Å²) >= 11 is 0. The van der Waals surface area contributed by atoms with E-state index in [9.17, 15) is 41.7 Å². The van der Waals surface area contributed by atoms with Gasteiger partial charge >= 0.3 is 29.2 Å². The van der Waals surface area contributed by atoms with E-state index in [1.54, 1.807) is 0 Å². The topological polar surface area (TPSA) is 250 Å². The summed E-state index contributed by atoms with van der Waals surface area (Å²) in [6, 6.07) is 0.998. The SMILES string of the molecule is Nc1ccn([C@@H]2O[C@@](COP(=O)(O)OP(=O)(O)OP(=O)(O)O)(C(F)CF)[C@@H](O)[C@H]2F)c(=O)n1. The van der Waals surface area contributed by atoms with Crippen molar-refractivity contribution < 1.29 is 69.4 Å². The largest absolute Gasteiger partial charge is 0.490 e. The first-order valence-corrected chi connectivity index (χ1v) is 12.8. The molecule has 1 fully saturated rings. The molecule has 0 aliphatic carbocycles. The second kappa shape index (κ2) is 9.81. The first-order valence-electron chi connectivity index (χ1n) is 8.26. The molecule has 1 aromatic rings. The van der Waals surface area contributed by atoms with E-state index in [0.29, 0.717) is 4.57 Å². The van der Waals surface area contributed by atoms with Gasteiger partial charge in [-0.25, -0.2) is 31.7 Å². The molecule has 1 saturated heterocycles. The van der Waals surface area contributed by atoms with Crippen LogP contribution in [0.3, 0.4) is 0 Å². The van der Waals surface area contributed by atoms with Gasteiger partial charge in [-0.15, -0.1) is 0 Å². The summed E-state index contributed by atoms with van der Waals surface area (Å²) in [5, 5.41) is 10.2. The molecule has 0 aromatic carbocycles. The van der Waals surface area contributed by atoms with Gasteiger partial charge in [-0.1, -0.05) is 0 Å². The van der Waals surface area contributed by atoms with Crippen molar-refractivity contribution >= 4 is 29.3 Å². The molecule has 1 aromatic heterocycles. The Kier molecular flexibility index (Phi) is 8.34. The van der Waals surface area contributed by atoms with Crippen molar-refractivity contribution in [3.05, 3.63) is 22.7 Å². The van der Waals surface area contributed by atoms with Gasteiger partial charge in [-0.05, 0) is 6.07 Å². The minimum atomic E-state index is -5.96. The fourth-order valence-electron chi connectivity index (χ4n) is 2.70. The average Bonchev–Trinajstić information content (AvgIpc) is 2.89. The molecule has 1 aliphatic rings. The van der Waals surface area contributed by atoms with E-state index in [1.807, 2.05) is 0 Å². The van der Waals surface area contributed by atoms with E-state index in [-0.39, 0.29) is 5.82 Å². The Labute approximate surface area is 181 Å². The number of aliphatic hydroxyl groups is 1. The standard InChI is InChI=1S/C11H17F3N3O13P3/c12-3-5(13)11(4-27-32(23,24)30-33(25,26)29-31(20,21)22)8(18)7(14)9(28-11)17-2-1-6(15)16-10(17)19/h1-2,5,7-9,18H,3-4H2,(H,23,24)(H,25,26)(H2,15,16,19)(H2,20,21,22)/t5?,7-,8+,9-,11+/m1/s1. The minimum Gasteiger partial charge on any atom is -0.387 e. The normalized spacial score (nSPS) is 30.5. The lowest BCUT2D eigenvalue weighted by Crippen LogP contribution is -2.54. The molecular formula is C11H17F3N3O13P3. The Morgan fingerprint density at radius 1 is 1.24 bits per heavy atom. The summed E-state index contributed by atoms with van der Waals surface area (Å²) in [4.78, 5) is 50.8. The fraction of sp³-hybridized carbons (Fsp3) is 0.636. The number of nitrogens with zero attached hydrogens (tertiary/aromatic N) is 2. The highest BCUT2D eigenvalue weighted by molar-refractivity contribution is 7.66. The fourth-order valence-corrected chi connectivity index (χ4v) is 5.76. The lowest BCUT2D eigenvalue weighted by Gasteiger charge is -2.33. The molecule has 2 heterocycles. The van der Waals surface area contributed by atoms with Crippen molar-refractivity contribution in [3.8, 4) is 0 Å². The quantitative estimate of drug-likeness (QED) is 0.200. The van der Waals surface area contributed by atoms with Gasteiger partial charge in [0, 0.05) is 6.20 Å². The summed E-state index contributed by atoms with van der Waals surface area (Å²) in [5.41, 5.74) is 0.935. The van der Waals surface area contributed by atoms with Gasteiger partial charge in [0.1, 0.15) is 18.6 Å². The van der Waals surface area contributed by atoms with Crippen LogP contribution in [0.25, 0.3) is 0 Å². The van der Waals surface area contributed by atoms with Crippen LogP contribution in [-0.4, -0.2) is 71.6 Å². The van der Waals surface area contributed by atoms with Crippen LogP contribution in [0, 0.1) is 0 Å². The van der Waals surface area contributed by atoms with Crippen LogP contribution in [0.2, 0.25) is 0 Å². The summed E-state index contributed by atoms with van der Waals surface area (Å²) in [7, 11) is -17.6. The van der Waals surface area contributed by atoms with E-state index >= 15 is 0 Å². The second-order valence-corrected chi connectivity index (χ2v) is 10.8. The predicted molar refractivity (Wildman–Crippen MR) is 97.4 cm³/mol. The highest BCUT2D eigenvalue weighted by atomic mass is 31.3. The van der Waals surface area contributed by atoms with Gasteiger partial charge in [0.2, 0.25) is 0 Å². The lowest BCUT2D eigenvalue weighted by atomic mass is 9.92. The third kappa shape index (κ3) is 6.69. The molecule has 33 heavy (non-hydrogen) atoms. The molecular weight excluding hydrogens is 532 g/mol. The molecule has 0 saturated carbocycles. The molecule has 0 radical (unpaired) electrons. The van der Waals surface area contributed by atoms with Crippen LogP contribution in [0.15, 0.2) is 17.1 Å². The van der Waals surface area contributed by atoms with Crippen LogP contribution in [-0.2, 0) is 31.6 Å². The van der Waals surface area contributed by atoms with Crippen LogP contribution in [0.5, 0.6) is 0 Å². The zero-order chi connectivity index (χ0) is 25.4. The molecule has 2 rings (SSSR count). The highest BCUT2D eigenvalue weighted by Crippen LogP contribution is 2.66. The van der Waals surface area contributed by atoms with Crippen LogP contribution in [0.1, 0.15) is 6.23 Å². The van der Waals surface area contributed by atoms with Crippen molar-refractivity contribution in [2.45, 2.75) is 30.3 Å². The van der Waals surface area contributed by atoms with Gasteiger partial charge in [-0.3, -0.25) is 9.09 Å². The minimum absolute atomic E-state index is 0.295. The molecule has 7 N–H and O–H groups in total. The van der Waals surface area contributed by atoms with Crippen LogP contribution >= 0.6 is 23.5 Å². The summed E-state index contributed by atoms with van der Waals surface area (Å²) in [6.07, 6.45) is -9.58. The van der Waals surface area contributed by atoms with Gasteiger partial charge in [0.15, 0.2) is 24.2 Å². The summed E-state index contributed by atoms with van der Waals surface area (Å²) in [5.74, 6) is -0.295. The maximum atomic E-state index is 14.7. The Balaban J connectivity index is 2.31. The number of aromatic nitrogens is 2. The number of nitrogen functional groups attached to an aromatic ring is 1. The number of hydrogen-bond acceptors (Lipinski definition) is 11. The summed E-state index contributed by atoms with van der Waals surface area (Å²) < 4.78 is 92.6. The number of halogens is 3. The number of hydrogen-bond donors (Lipinski definition) is 6. The molecule has 0 bridgehead atoms. The summed E-state index contributed by atoms with van der Waals surface area (Å²) in [6.45, 7) is -3.69. The van der Waals surface area contributed by atoms with E-state index in [2.05, 4.69) is 18.1 Å². The van der Waals surface area contributed by atoms with E-state index in [0.717, 1.165) is 12.3 Å². The van der Waals surface area contributed by atoms with E-state index in [4.69, 9.17) is 25.2 Å². The lowest BCUT2D eigenvalue weighted by molar-refractivity contribution is -0.165. The average molecular weight is 549 g/mol. The number of ether oxygens (including phenoxy) is 1. The van der Waals surface area contributed by atoms with Gasteiger partial charge in [0.05, 0.1) is 6.61 Å². The molecule has 1 aliphatic heterocycles. The first kappa shape index (κ1) is 28.0. The third-order valence-corrected chi connectivity index (χ3v) is 7.86. The van der Waals surface area contributed by atoms with Crippen molar-refractivity contribution in [2.75, 3.05) is 19.0 Å². The van der Waals surface area contributed by atoms with Gasteiger partial charge in [-0.2, -0.15) is 13.6 Å². The van der Waals surface area contributed by atoms with Gasteiger partial charge in [0.25, 0.3) is 0 Å². The van der Waals surface area contributed by atoms with Crippen molar-refractivity contribution in [2.24, 2.45) is 0 Å². The number of phosphoric acid groups is 3. The van der Waals surface area contributed by atoms with Crippen molar-refractivity contribution in [1.29, 1.82) is 0 Å². The molecule has 0 spiro atoms. The Morgan fingerprint density at radius 3 is 2.36 bits per heavy atom. The van der Waals surface area contributed by atoms with Crippen LogP contribution in [0.4, 0.5) is 19.0 Å². The monoisotopic (exact) mass is 549 g/mol. The Morgan fingerprint density at radius 2 is 1.85 bits per heavy atom. The molecule has 16 nitrogen and oxygen atoms in total.